The fraction of sp³-hybridized carbons (Fsp3) is 0.467. The minimum Gasteiger partial charge on any atom is -0.489 e. The molecule has 0 radical (unpaired) electrons. The molecule has 2 nitrogen and oxygen atoms in total. The van der Waals surface area contributed by atoms with Crippen LogP contribution in [0.1, 0.15) is 32.8 Å². The molecule has 0 bridgehead atoms. The summed E-state index contributed by atoms with van der Waals surface area (Å²) in [6.45, 7) is 11.7. The standard InChI is InChI=1S/C15H22BrNO/c1-5-12(4)10-18-14-6-7-15(16)13(8-14)9-17-11(2)3/h6-8,11,17H,4-5,9-10H2,1-3H3. The van der Waals surface area contributed by atoms with Crippen molar-refractivity contribution < 1.29 is 4.74 Å². The van der Waals surface area contributed by atoms with Crippen LogP contribution in [0, 0.1) is 0 Å². The minimum atomic E-state index is 0.473. The number of benzene rings is 1. The maximum absolute atomic E-state index is 5.71. The summed E-state index contributed by atoms with van der Waals surface area (Å²) < 4.78 is 6.82. The SMILES string of the molecule is C=C(CC)COc1ccc(Br)c(CNC(C)C)c1. The van der Waals surface area contributed by atoms with Crippen molar-refractivity contribution >= 4 is 15.9 Å². The summed E-state index contributed by atoms with van der Waals surface area (Å²) in [4.78, 5) is 0. The lowest BCUT2D eigenvalue weighted by molar-refractivity contribution is 0.348. The molecule has 1 aromatic rings. The maximum atomic E-state index is 5.71. The van der Waals surface area contributed by atoms with Crippen LogP contribution in [0.4, 0.5) is 0 Å². The van der Waals surface area contributed by atoms with Crippen molar-refractivity contribution in [2.24, 2.45) is 0 Å². The second kappa shape index (κ2) is 7.59. The van der Waals surface area contributed by atoms with Gasteiger partial charge in [-0.15, -0.1) is 0 Å². The lowest BCUT2D eigenvalue weighted by Crippen LogP contribution is -2.22. The Labute approximate surface area is 119 Å². The predicted octanol–water partition coefficient (Wildman–Crippen LogP) is 4.29. The van der Waals surface area contributed by atoms with Crippen LogP contribution in [0.5, 0.6) is 5.75 Å². The van der Waals surface area contributed by atoms with Crippen LogP contribution < -0.4 is 10.1 Å². The first-order valence-corrected chi connectivity index (χ1v) is 7.13. The van der Waals surface area contributed by atoms with Crippen LogP contribution in [0.15, 0.2) is 34.8 Å². The summed E-state index contributed by atoms with van der Waals surface area (Å²) in [5.41, 5.74) is 2.32. The Kier molecular flexibility index (Phi) is 6.44. The molecular weight excluding hydrogens is 290 g/mol. The normalized spacial score (nSPS) is 10.7. The van der Waals surface area contributed by atoms with Crippen LogP contribution in [0.2, 0.25) is 0 Å². The van der Waals surface area contributed by atoms with E-state index in [1.54, 1.807) is 0 Å². The first-order valence-electron chi connectivity index (χ1n) is 6.34. The molecule has 0 saturated heterocycles. The number of hydrogen-bond donors (Lipinski definition) is 1. The van der Waals surface area contributed by atoms with Gasteiger partial charge in [-0.2, -0.15) is 0 Å². The smallest absolute Gasteiger partial charge is 0.120 e. The number of rotatable bonds is 7. The zero-order chi connectivity index (χ0) is 13.5. The van der Waals surface area contributed by atoms with Gasteiger partial charge >= 0.3 is 0 Å². The quantitative estimate of drug-likeness (QED) is 0.758. The van der Waals surface area contributed by atoms with Crippen molar-refractivity contribution in [2.75, 3.05) is 6.61 Å². The van der Waals surface area contributed by atoms with E-state index in [-0.39, 0.29) is 0 Å². The van der Waals surface area contributed by atoms with Gasteiger partial charge in [0.25, 0.3) is 0 Å². The van der Waals surface area contributed by atoms with Crippen LogP contribution in [-0.2, 0) is 6.54 Å². The molecule has 3 heteroatoms. The van der Waals surface area contributed by atoms with E-state index in [0.717, 1.165) is 28.8 Å². The Balaban J connectivity index is 2.65. The second-order valence-corrected chi connectivity index (χ2v) is 5.54. The van der Waals surface area contributed by atoms with Gasteiger partial charge in [0.2, 0.25) is 0 Å². The molecule has 0 fully saturated rings. The second-order valence-electron chi connectivity index (χ2n) is 4.68. The molecule has 0 aliphatic heterocycles. The Morgan fingerprint density at radius 2 is 2.17 bits per heavy atom. The van der Waals surface area contributed by atoms with Gasteiger partial charge in [-0.1, -0.05) is 43.3 Å². The third-order valence-electron chi connectivity index (χ3n) is 2.66. The van der Waals surface area contributed by atoms with E-state index in [1.165, 1.54) is 5.56 Å². The number of ether oxygens (including phenoxy) is 1. The molecule has 0 atom stereocenters. The third kappa shape index (κ3) is 5.23. The summed E-state index contributed by atoms with van der Waals surface area (Å²) in [5, 5.41) is 3.40. The first-order chi connectivity index (χ1) is 8.52. The molecule has 18 heavy (non-hydrogen) atoms. The van der Waals surface area contributed by atoms with Gasteiger partial charge in [0.05, 0.1) is 0 Å². The molecule has 0 amide bonds. The summed E-state index contributed by atoms with van der Waals surface area (Å²) in [6.07, 6.45) is 0.957. The maximum Gasteiger partial charge on any atom is 0.120 e. The molecular formula is C15H22BrNO. The summed E-state index contributed by atoms with van der Waals surface area (Å²) in [5.74, 6) is 0.897. The zero-order valence-corrected chi connectivity index (χ0v) is 13.0. The van der Waals surface area contributed by atoms with Crippen molar-refractivity contribution in [3.8, 4) is 5.75 Å². The van der Waals surface area contributed by atoms with E-state index >= 15 is 0 Å². The highest BCUT2D eigenvalue weighted by atomic mass is 79.9. The number of nitrogens with one attached hydrogen (secondary N) is 1. The summed E-state index contributed by atoms with van der Waals surface area (Å²) in [7, 11) is 0. The highest BCUT2D eigenvalue weighted by molar-refractivity contribution is 9.10. The van der Waals surface area contributed by atoms with Crippen molar-refractivity contribution in [3.63, 3.8) is 0 Å². The van der Waals surface area contributed by atoms with Crippen LogP contribution in [-0.4, -0.2) is 12.6 Å². The molecule has 0 aliphatic carbocycles. The molecule has 1 N–H and O–H groups in total. The zero-order valence-electron chi connectivity index (χ0n) is 11.4. The van der Waals surface area contributed by atoms with Crippen molar-refractivity contribution in [2.45, 2.75) is 39.8 Å². The fourth-order valence-electron chi connectivity index (χ4n) is 1.38. The van der Waals surface area contributed by atoms with Crippen LogP contribution in [0.3, 0.4) is 0 Å². The highest BCUT2D eigenvalue weighted by Gasteiger charge is 2.04. The van der Waals surface area contributed by atoms with Gasteiger partial charge in [0, 0.05) is 17.1 Å². The van der Waals surface area contributed by atoms with E-state index < -0.39 is 0 Å². The fourth-order valence-corrected chi connectivity index (χ4v) is 1.76. The van der Waals surface area contributed by atoms with Crippen molar-refractivity contribution in [1.29, 1.82) is 0 Å². The molecule has 0 aliphatic rings. The summed E-state index contributed by atoms with van der Waals surface area (Å²) >= 11 is 3.56. The Morgan fingerprint density at radius 1 is 1.44 bits per heavy atom. The minimum absolute atomic E-state index is 0.473. The molecule has 100 valence electrons. The van der Waals surface area contributed by atoms with E-state index in [0.29, 0.717) is 12.6 Å². The first kappa shape index (κ1) is 15.3. The van der Waals surface area contributed by atoms with E-state index in [2.05, 4.69) is 54.7 Å². The molecule has 0 heterocycles. The van der Waals surface area contributed by atoms with E-state index in [1.807, 2.05) is 12.1 Å². The third-order valence-corrected chi connectivity index (χ3v) is 3.43. The van der Waals surface area contributed by atoms with E-state index in [4.69, 9.17) is 4.74 Å². The number of hydrogen-bond acceptors (Lipinski definition) is 2. The van der Waals surface area contributed by atoms with Crippen molar-refractivity contribution in [1.82, 2.24) is 5.32 Å². The molecule has 0 saturated carbocycles. The summed E-state index contributed by atoms with van der Waals surface area (Å²) in [6, 6.07) is 6.55. The van der Waals surface area contributed by atoms with E-state index in [9.17, 15) is 0 Å². The Morgan fingerprint density at radius 3 is 2.78 bits per heavy atom. The molecule has 1 rings (SSSR count). The van der Waals surface area contributed by atoms with Crippen LogP contribution >= 0.6 is 15.9 Å². The lowest BCUT2D eigenvalue weighted by atomic mass is 10.2. The average Bonchev–Trinajstić information content (AvgIpc) is 2.35. The van der Waals surface area contributed by atoms with Crippen molar-refractivity contribution in [3.05, 3.63) is 40.4 Å². The average molecular weight is 312 g/mol. The monoisotopic (exact) mass is 311 g/mol. The van der Waals surface area contributed by atoms with Gasteiger partial charge in [0.1, 0.15) is 12.4 Å². The van der Waals surface area contributed by atoms with Gasteiger partial charge in [-0.05, 0) is 35.8 Å². The lowest BCUT2D eigenvalue weighted by Gasteiger charge is -2.12. The Bertz CT molecular complexity index is 401. The van der Waals surface area contributed by atoms with Gasteiger partial charge in [-0.3, -0.25) is 0 Å². The van der Waals surface area contributed by atoms with Crippen LogP contribution in [0.25, 0.3) is 0 Å². The molecule has 0 spiro atoms. The number of halogens is 1. The van der Waals surface area contributed by atoms with Gasteiger partial charge in [-0.25, -0.2) is 0 Å². The van der Waals surface area contributed by atoms with Gasteiger partial charge in [0.15, 0.2) is 0 Å². The Hall–Kier alpha value is -0.800. The molecule has 0 unspecified atom stereocenters. The molecule has 1 aromatic carbocycles. The topological polar surface area (TPSA) is 21.3 Å². The highest BCUT2D eigenvalue weighted by Crippen LogP contribution is 2.23. The predicted molar refractivity (Wildman–Crippen MR) is 81.0 cm³/mol. The largest absolute Gasteiger partial charge is 0.489 e. The molecule has 0 aromatic heterocycles. The van der Waals surface area contributed by atoms with Gasteiger partial charge < -0.3 is 10.1 Å².